The maximum atomic E-state index is 5.83. The summed E-state index contributed by atoms with van der Waals surface area (Å²) in [5.74, 6) is 0.652. The summed E-state index contributed by atoms with van der Waals surface area (Å²) >= 11 is 5.83. The van der Waals surface area contributed by atoms with Gasteiger partial charge in [0.1, 0.15) is 5.15 Å². The van der Waals surface area contributed by atoms with Crippen molar-refractivity contribution >= 4 is 23.1 Å². The number of nitrogens with zero attached hydrogens (tertiary/aromatic N) is 2. The minimum absolute atomic E-state index is 0.0651. The smallest absolute Gasteiger partial charge is 0.150 e. The molecule has 1 heterocycles. The number of anilines is 2. The maximum Gasteiger partial charge on any atom is 0.150 e. The lowest BCUT2D eigenvalue weighted by Gasteiger charge is -2.23. The molecule has 0 fully saturated rings. The molecule has 1 aromatic carbocycles. The largest absolute Gasteiger partial charge is 0.339 e. The van der Waals surface area contributed by atoms with Crippen LogP contribution in [0.25, 0.3) is 0 Å². The third kappa shape index (κ3) is 2.99. The summed E-state index contributed by atoms with van der Waals surface area (Å²) in [5, 5.41) is 3.64. The molecule has 18 heavy (non-hydrogen) atoms. The van der Waals surface area contributed by atoms with Crippen molar-refractivity contribution in [3.05, 3.63) is 47.4 Å². The lowest BCUT2D eigenvalue weighted by molar-refractivity contribution is 0.592. The van der Waals surface area contributed by atoms with E-state index < -0.39 is 0 Å². The third-order valence-corrected chi connectivity index (χ3v) is 2.79. The quantitative estimate of drug-likeness (QED) is 0.882. The molecule has 0 amide bonds. The predicted octanol–water partition coefficient (Wildman–Crippen LogP) is 4.17. The standard InChI is InChI=1S/C14H16ClN3/c1-14(2,3)10-6-4-5-7-11(10)17-13-9-16-8-12(15)18-13/h4-9H,1-3H3,(H,17,18). The van der Waals surface area contributed by atoms with Gasteiger partial charge in [-0.15, -0.1) is 0 Å². The first-order valence-electron chi connectivity index (χ1n) is 5.81. The van der Waals surface area contributed by atoms with Crippen molar-refractivity contribution in [1.29, 1.82) is 0 Å². The number of benzene rings is 1. The van der Waals surface area contributed by atoms with E-state index in [0.717, 1.165) is 5.69 Å². The average Bonchev–Trinajstić information content (AvgIpc) is 2.28. The molecule has 4 heteroatoms. The van der Waals surface area contributed by atoms with Gasteiger partial charge in [-0.3, -0.25) is 4.98 Å². The summed E-state index contributed by atoms with van der Waals surface area (Å²) in [6, 6.07) is 8.18. The normalized spacial score (nSPS) is 11.3. The van der Waals surface area contributed by atoms with E-state index in [1.807, 2.05) is 18.2 Å². The molecule has 0 saturated carbocycles. The van der Waals surface area contributed by atoms with Crippen molar-refractivity contribution in [2.75, 3.05) is 5.32 Å². The van der Waals surface area contributed by atoms with Crippen molar-refractivity contribution in [1.82, 2.24) is 9.97 Å². The molecule has 94 valence electrons. The molecule has 0 aliphatic rings. The number of nitrogens with one attached hydrogen (secondary N) is 1. The van der Waals surface area contributed by atoms with E-state index in [0.29, 0.717) is 11.0 Å². The van der Waals surface area contributed by atoms with Crippen molar-refractivity contribution in [3.8, 4) is 0 Å². The van der Waals surface area contributed by atoms with E-state index in [-0.39, 0.29) is 5.41 Å². The second kappa shape index (κ2) is 4.94. The zero-order chi connectivity index (χ0) is 13.2. The first-order valence-corrected chi connectivity index (χ1v) is 6.19. The number of halogens is 1. The molecular formula is C14H16ClN3. The average molecular weight is 262 g/mol. The van der Waals surface area contributed by atoms with Gasteiger partial charge in [-0.05, 0) is 17.0 Å². The monoisotopic (exact) mass is 261 g/mol. The third-order valence-electron chi connectivity index (χ3n) is 2.60. The van der Waals surface area contributed by atoms with Crippen LogP contribution in [0.1, 0.15) is 26.3 Å². The summed E-state index contributed by atoms with van der Waals surface area (Å²) in [6.45, 7) is 6.53. The van der Waals surface area contributed by atoms with Crippen LogP contribution in [-0.4, -0.2) is 9.97 Å². The molecule has 0 bridgehead atoms. The fraction of sp³-hybridized carbons (Fsp3) is 0.286. The Morgan fingerprint density at radius 3 is 2.50 bits per heavy atom. The van der Waals surface area contributed by atoms with Gasteiger partial charge in [0, 0.05) is 5.69 Å². The molecule has 0 atom stereocenters. The molecular weight excluding hydrogens is 246 g/mol. The maximum absolute atomic E-state index is 5.83. The Balaban J connectivity index is 2.35. The van der Waals surface area contributed by atoms with Crippen molar-refractivity contribution in [2.45, 2.75) is 26.2 Å². The Morgan fingerprint density at radius 1 is 1.11 bits per heavy atom. The van der Waals surface area contributed by atoms with Crippen LogP contribution in [0.2, 0.25) is 5.15 Å². The van der Waals surface area contributed by atoms with Crippen LogP contribution in [0.3, 0.4) is 0 Å². The van der Waals surface area contributed by atoms with E-state index in [9.17, 15) is 0 Å². The van der Waals surface area contributed by atoms with Crippen LogP contribution in [0.5, 0.6) is 0 Å². The van der Waals surface area contributed by atoms with Gasteiger partial charge in [0.2, 0.25) is 0 Å². The number of hydrogen-bond donors (Lipinski definition) is 1. The Hall–Kier alpha value is -1.61. The van der Waals surface area contributed by atoms with E-state index >= 15 is 0 Å². The SMILES string of the molecule is CC(C)(C)c1ccccc1Nc1cncc(Cl)n1. The van der Waals surface area contributed by atoms with E-state index in [1.54, 1.807) is 6.20 Å². The molecule has 0 radical (unpaired) electrons. The van der Waals surface area contributed by atoms with E-state index in [4.69, 9.17) is 11.6 Å². The molecule has 0 aliphatic carbocycles. The number of para-hydroxylation sites is 1. The number of rotatable bonds is 2. The molecule has 0 aliphatic heterocycles. The second-order valence-electron chi connectivity index (χ2n) is 5.15. The fourth-order valence-corrected chi connectivity index (χ4v) is 1.93. The first kappa shape index (κ1) is 12.8. The van der Waals surface area contributed by atoms with Gasteiger partial charge in [-0.25, -0.2) is 4.98 Å². The van der Waals surface area contributed by atoms with Gasteiger partial charge < -0.3 is 5.32 Å². The molecule has 0 unspecified atom stereocenters. The summed E-state index contributed by atoms with van der Waals surface area (Å²) in [6.07, 6.45) is 3.17. The lowest BCUT2D eigenvalue weighted by Crippen LogP contribution is -2.13. The van der Waals surface area contributed by atoms with Gasteiger partial charge in [-0.2, -0.15) is 0 Å². The summed E-state index contributed by atoms with van der Waals surface area (Å²) in [7, 11) is 0. The van der Waals surface area contributed by atoms with Crippen LogP contribution in [0.4, 0.5) is 11.5 Å². The van der Waals surface area contributed by atoms with Crippen molar-refractivity contribution < 1.29 is 0 Å². The number of aromatic nitrogens is 2. The Morgan fingerprint density at radius 2 is 1.83 bits per heavy atom. The van der Waals surface area contributed by atoms with E-state index in [2.05, 4.69) is 42.1 Å². The zero-order valence-electron chi connectivity index (χ0n) is 10.7. The van der Waals surface area contributed by atoms with Crippen LogP contribution in [0.15, 0.2) is 36.7 Å². The van der Waals surface area contributed by atoms with Gasteiger partial charge in [0.25, 0.3) is 0 Å². The zero-order valence-corrected chi connectivity index (χ0v) is 11.5. The molecule has 1 N–H and O–H groups in total. The highest BCUT2D eigenvalue weighted by atomic mass is 35.5. The second-order valence-corrected chi connectivity index (χ2v) is 5.53. The van der Waals surface area contributed by atoms with Gasteiger partial charge in [0.15, 0.2) is 5.82 Å². The topological polar surface area (TPSA) is 37.8 Å². The molecule has 1 aromatic heterocycles. The highest BCUT2D eigenvalue weighted by molar-refractivity contribution is 6.29. The Bertz CT molecular complexity index is 547. The van der Waals surface area contributed by atoms with Gasteiger partial charge in [0.05, 0.1) is 12.4 Å². The van der Waals surface area contributed by atoms with Gasteiger partial charge in [-0.1, -0.05) is 50.6 Å². The summed E-state index contributed by atoms with van der Waals surface area (Å²) in [4.78, 5) is 8.20. The highest BCUT2D eigenvalue weighted by Crippen LogP contribution is 2.30. The minimum Gasteiger partial charge on any atom is -0.339 e. The van der Waals surface area contributed by atoms with Crippen LogP contribution < -0.4 is 5.32 Å². The van der Waals surface area contributed by atoms with Gasteiger partial charge >= 0.3 is 0 Å². The Kier molecular flexibility index (Phi) is 3.53. The van der Waals surface area contributed by atoms with Crippen molar-refractivity contribution in [2.24, 2.45) is 0 Å². The Labute approximate surface area is 112 Å². The first-order chi connectivity index (χ1) is 8.47. The molecule has 2 aromatic rings. The minimum atomic E-state index is 0.0651. The summed E-state index contributed by atoms with van der Waals surface area (Å²) in [5.41, 5.74) is 2.32. The van der Waals surface area contributed by atoms with Crippen molar-refractivity contribution in [3.63, 3.8) is 0 Å². The molecule has 3 nitrogen and oxygen atoms in total. The highest BCUT2D eigenvalue weighted by Gasteiger charge is 2.17. The van der Waals surface area contributed by atoms with E-state index in [1.165, 1.54) is 11.8 Å². The molecule has 2 rings (SSSR count). The van der Waals surface area contributed by atoms with Crippen LogP contribution in [-0.2, 0) is 5.41 Å². The van der Waals surface area contributed by atoms with Crippen LogP contribution in [0, 0.1) is 0 Å². The molecule has 0 spiro atoms. The lowest BCUT2D eigenvalue weighted by atomic mass is 9.86. The predicted molar refractivity (Wildman–Crippen MR) is 75.5 cm³/mol. The van der Waals surface area contributed by atoms with Crippen LogP contribution >= 0.6 is 11.6 Å². The fourth-order valence-electron chi connectivity index (χ4n) is 1.79. The summed E-state index contributed by atoms with van der Waals surface area (Å²) < 4.78 is 0. The molecule has 0 saturated heterocycles. The number of hydrogen-bond acceptors (Lipinski definition) is 3.